The number of rotatable bonds is 6. The summed E-state index contributed by atoms with van der Waals surface area (Å²) in [5.41, 5.74) is 1.32. The second-order valence-electron chi connectivity index (χ2n) is 9.27. The van der Waals surface area contributed by atoms with Crippen LogP contribution in [0.4, 0.5) is 11.4 Å². The molecular weight excluding hydrogens is 444 g/mol. The molecule has 0 aromatic heterocycles. The van der Waals surface area contributed by atoms with Gasteiger partial charge >= 0.3 is 0 Å². The third-order valence-corrected chi connectivity index (χ3v) is 8.58. The molecule has 9 nitrogen and oxygen atoms in total. The van der Waals surface area contributed by atoms with Crippen LogP contribution in [0.5, 0.6) is 0 Å². The predicted molar refractivity (Wildman–Crippen MR) is 126 cm³/mol. The van der Waals surface area contributed by atoms with Crippen LogP contribution in [-0.4, -0.2) is 81.4 Å². The predicted octanol–water partition coefficient (Wildman–Crippen LogP) is 1.89. The molecule has 1 aromatic carbocycles. The summed E-state index contributed by atoms with van der Waals surface area (Å²) in [4.78, 5) is 29.5. The summed E-state index contributed by atoms with van der Waals surface area (Å²) in [6.07, 6.45) is 3.45. The van der Waals surface area contributed by atoms with E-state index in [4.69, 9.17) is 4.74 Å². The molecule has 1 atom stereocenters. The molecule has 0 spiro atoms. The van der Waals surface area contributed by atoms with Gasteiger partial charge < -0.3 is 19.9 Å². The Balaban J connectivity index is 1.61. The molecule has 0 aliphatic carbocycles. The summed E-state index contributed by atoms with van der Waals surface area (Å²) < 4.78 is 33.2. The summed E-state index contributed by atoms with van der Waals surface area (Å²) >= 11 is 0. The number of carbonyl (C=O) groups excluding carboxylic acids is 2. The standard InChI is InChI=1S/C23H34N4O5S/c1-17(2)27-16-18(14-22(27)28)23(29)24-20-15-19(33(30,31)26-10-12-32-13-11-26)6-7-21(20)25-8-4-3-5-9-25/h6-7,15,17-18H,3-5,8-14,16H2,1-2H3,(H,24,29). The minimum absolute atomic E-state index is 0.0231. The Bertz CT molecular complexity index is 985. The van der Waals surface area contributed by atoms with Gasteiger partial charge in [-0.25, -0.2) is 8.42 Å². The normalized spacial score (nSPS) is 22.8. The van der Waals surface area contributed by atoms with Crippen LogP contribution in [-0.2, 0) is 24.3 Å². The minimum atomic E-state index is -3.69. The van der Waals surface area contributed by atoms with E-state index in [2.05, 4.69) is 10.2 Å². The lowest BCUT2D eigenvalue weighted by Gasteiger charge is -2.31. The van der Waals surface area contributed by atoms with Crippen molar-refractivity contribution in [1.29, 1.82) is 0 Å². The van der Waals surface area contributed by atoms with Gasteiger partial charge in [-0.15, -0.1) is 0 Å². The second kappa shape index (κ2) is 9.99. The van der Waals surface area contributed by atoms with Gasteiger partial charge in [0.2, 0.25) is 21.8 Å². The molecule has 0 radical (unpaired) electrons. The fourth-order valence-electron chi connectivity index (χ4n) is 4.76. The molecule has 1 unspecified atom stereocenters. The van der Waals surface area contributed by atoms with Crippen molar-refractivity contribution < 1.29 is 22.7 Å². The van der Waals surface area contributed by atoms with Crippen molar-refractivity contribution in [3.05, 3.63) is 18.2 Å². The van der Waals surface area contributed by atoms with Crippen LogP contribution in [0.25, 0.3) is 0 Å². The molecule has 0 bridgehead atoms. The number of sulfonamides is 1. The number of morpholine rings is 1. The highest BCUT2D eigenvalue weighted by Gasteiger charge is 2.36. The number of ether oxygens (including phenoxy) is 1. The van der Waals surface area contributed by atoms with E-state index >= 15 is 0 Å². The molecule has 182 valence electrons. The zero-order chi connectivity index (χ0) is 23.6. The highest BCUT2D eigenvalue weighted by Crippen LogP contribution is 2.33. The molecule has 0 saturated carbocycles. The lowest BCUT2D eigenvalue weighted by Crippen LogP contribution is -2.40. The number of nitrogens with zero attached hydrogens (tertiary/aromatic N) is 3. The van der Waals surface area contributed by atoms with Gasteiger partial charge in [0.25, 0.3) is 0 Å². The third kappa shape index (κ3) is 5.17. The summed E-state index contributed by atoms with van der Waals surface area (Å²) in [5, 5.41) is 2.98. The van der Waals surface area contributed by atoms with Gasteiger partial charge in [0.1, 0.15) is 0 Å². The number of hydrogen-bond donors (Lipinski definition) is 1. The number of piperidine rings is 1. The Labute approximate surface area is 196 Å². The van der Waals surface area contributed by atoms with Crippen LogP contribution in [0.2, 0.25) is 0 Å². The van der Waals surface area contributed by atoms with Gasteiger partial charge in [0.05, 0.1) is 35.4 Å². The Hall–Kier alpha value is -2.17. The van der Waals surface area contributed by atoms with Crippen molar-refractivity contribution in [2.45, 2.75) is 50.5 Å². The fraction of sp³-hybridized carbons (Fsp3) is 0.652. The topological polar surface area (TPSA) is 99.3 Å². The van der Waals surface area contributed by atoms with E-state index in [0.717, 1.165) is 38.0 Å². The number of anilines is 2. The molecule has 3 saturated heterocycles. The van der Waals surface area contributed by atoms with Gasteiger partial charge in [-0.1, -0.05) is 0 Å². The highest BCUT2D eigenvalue weighted by atomic mass is 32.2. The van der Waals surface area contributed by atoms with Crippen molar-refractivity contribution in [2.24, 2.45) is 5.92 Å². The van der Waals surface area contributed by atoms with E-state index in [1.807, 2.05) is 13.8 Å². The lowest BCUT2D eigenvalue weighted by molar-refractivity contribution is -0.129. The average Bonchev–Trinajstić information content (AvgIpc) is 3.22. The van der Waals surface area contributed by atoms with Gasteiger partial charge in [-0.05, 0) is 51.3 Å². The SMILES string of the molecule is CC(C)N1CC(C(=O)Nc2cc(S(=O)(=O)N3CCOCC3)ccc2N2CCCCC2)CC1=O. The Morgan fingerprint density at radius 2 is 1.79 bits per heavy atom. The van der Waals surface area contributed by atoms with Crippen LogP contribution in [0.3, 0.4) is 0 Å². The van der Waals surface area contributed by atoms with Crippen LogP contribution < -0.4 is 10.2 Å². The molecule has 2 amide bonds. The van der Waals surface area contributed by atoms with Crippen molar-refractivity contribution in [3.8, 4) is 0 Å². The van der Waals surface area contributed by atoms with Crippen LogP contribution in [0.1, 0.15) is 39.5 Å². The molecule has 33 heavy (non-hydrogen) atoms. The first kappa shape index (κ1) is 24.0. The van der Waals surface area contributed by atoms with Gasteiger partial charge in [0.15, 0.2) is 0 Å². The lowest BCUT2D eigenvalue weighted by atomic mass is 10.1. The average molecular weight is 479 g/mol. The van der Waals surface area contributed by atoms with Crippen molar-refractivity contribution in [3.63, 3.8) is 0 Å². The van der Waals surface area contributed by atoms with E-state index in [0.29, 0.717) is 38.5 Å². The van der Waals surface area contributed by atoms with E-state index in [-0.39, 0.29) is 29.2 Å². The van der Waals surface area contributed by atoms with E-state index < -0.39 is 15.9 Å². The smallest absolute Gasteiger partial charge is 0.243 e. The monoisotopic (exact) mass is 478 g/mol. The number of likely N-dealkylation sites (tertiary alicyclic amines) is 1. The molecule has 3 aliphatic rings. The number of nitrogens with one attached hydrogen (secondary N) is 1. The Kier molecular flexibility index (Phi) is 7.25. The molecule has 1 aromatic rings. The molecule has 3 fully saturated rings. The number of amides is 2. The van der Waals surface area contributed by atoms with Gasteiger partial charge in [-0.3, -0.25) is 9.59 Å². The van der Waals surface area contributed by atoms with Crippen molar-refractivity contribution >= 4 is 33.2 Å². The number of carbonyl (C=O) groups is 2. The molecule has 1 N–H and O–H groups in total. The Morgan fingerprint density at radius 3 is 2.42 bits per heavy atom. The molecule has 4 rings (SSSR count). The van der Waals surface area contributed by atoms with E-state index in [1.165, 1.54) is 4.31 Å². The Morgan fingerprint density at radius 1 is 1.09 bits per heavy atom. The maximum absolute atomic E-state index is 13.2. The summed E-state index contributed by atoms with van der Waals surface area (Å²) in [6.45, 7) is 7.35. The first-order valence-electron chi connectivity index (χ1n) is 11.8. The fourth-order valence-corrected chi connectivity index (χ4v) is 6.20. The third-order valence-electron chi connectivity index (χ3n) is 6.68. The van der Waals surface area contributed by atoms with E-state index in [9.17, 15) is 18.0 Å². The number of hydrogen-bond acceptors (Lipinski definition) is 6. The van der Waals surface area contributed by atoms with Crippen molar-refractivity contribution in [1.82, 2.24) is 9.21 Å². The van der Waals surface area contributed by atoms with Crippen molar-refractivity contribution in [2.75, 3.05) is 56.2 Å². The van der Waals surface area contributed by atoms with Crippen LogP contribution >= 0.6 is 0 Å². The molecular formula is C23H34N4O5S. The zero-order valence-electron chi connectivity index (χ0n) is 19.5. The molecule has 10 heteroatoms. The molecule has 3 heterocycles. The number of benzene rings is 1. The largest absolute Gasteiger partial charge is 0.379 e. The molecule has 3 aliphatic heterocycles. The van der Waals surface area contributed by atoms with E-state index in [1.54, 1.807) is 23.1 Å². The van der Waals surface area contributed by atoms with Crippen LogP contribution in [0, 0.1) is 5.92 Å². The summed E-state index contributed by atoms with van der Waals surface area (Å²) in [6, 6.07) is 5.04. The summed E-state index contributed by atoms with van der Waals surface area (Å²) in [7, 11) is -3.69. The van der Waals surface area contributed by atoms with Gasteiger partial charge in [0, 0.05) is 45.2 Å². The van der Waals surface area contributed by atoms with Crippen LogP contribution in [0.15, 0.2) is 23.1 Å². The maximum Gasteiger partial charge on any atom is 0.243 e. The van der Waals surface area contributed by atoms with Gasteiger partial charge in [-0.2, -0.15) is 4.31 Å². The zero-order valence-corrected chi connectivity index (χ0v) is 20.3. The quantitative estimate of drug-likeness (QED) is 0.670. The first-order chi connectivity index (χ1) is 15.8. The minimum Gasteiger partial charge on any atom is -0.379 e. The summed E-state index contributed by atoms with van der Waals surface area (Å²) in [5.74, 6) is -0.718. The first-order valence-corrected chi connectivity index (χ1v) is 13.3. The highest BCUT2D eigenvalue weighted by molar-refractivity contribution is 7.89. The second-order valence-corrected chi connectivity index (χ2v) is 11.2. The maximum atomic E-state index is 13.2.